The fourth-order valence-electron chi connectivity index (χ4n) is 3.72. The maximum absolute atomic E-state index is 13.5. The second kappa shape index (κ2) is 7.99. The van der Waals surface area contributed by atoms with Gasteiger partial charge in [-0.15, -0.1) is 0 Å². The van der Waals surface area contributed by atoms with Crippen LogP contribution < -0.4 is 24.4 Å². The van der Waals surface area contributed by atoms with Crippen LogP contribution in [0.3, 0.4) is 0 Å². The molecule has 1 aliphatic rings. The average molecular weight is 404 g/mol. The van der Waals surface area contributed by atoms with E-state index in [2.05, 4.69) is 5.32 Å². The molecule has 1 atom stereocenters. The number of amides is 1. The Kier molecular flexibility index (Phi) is 5.23. The summed E-state index contributed by atoms with van der Waals surface area (Å²) in [6, 6.07) is 19.1. The quantitative estimate of drug-likeness (QED) is 0.662. The number of ether oxygens (including phenoxy) is 3. The van der Waals surface area contributed by atoms with Crippen LogP contribution in [0.5, 0.6) is 17.2 Å². The number of aryl methyl sites for hydroxylation is 1. The number of hydrogen-bond donors (Lipinski definition) is 1. The summed E-state index contributed by atoms with van der Waals surface area (Å²) in [6.45, 7) is 2.02. The van der Waals surface area contributed by atoms with Crippen molar-refractivity contribution < 1.29 is 19.0 Å². The topological polar surface area (TPSA) is 60.0 Å². The number of methoxy groups -OCH3 is 3. The van der Waals surface area contributed by atoms with Crippen molar-refractivity contribution in [3.63, 3.8) is 0 Å². The number of hydrogen-bond acceptors (Lipinski definition) is 5. The molecule has 0 spiro atoms. The van der Waals surface area contributed by atoms with Gasteiger partial charge in [-0.05, 0) is 43.3 Å². The van der Waals surface area contributed by atoms with Crippen molar-refractivity contribution in [3.05, 3.63) is 77.4 Å². The molecule has 3 aromatic carbocycles. The highest BCUT2D eigenvalue weighted by molar-refractivity contribution is 6.12. The molecular formula is C24H24N2O4. The Morgan fingerprint density at radius 1 is 0.867 bits per heavy atom. The Bertz CT molecular complexity index is 1050. The van der Waals surface area contributed by atoms with Gasteiger partial charge in [0.15, 0.2) is 11.5 Å². The molecule has 4 rings (SSSR count). The molecule has 3 aromatic rings. The summed E-state index contributed by atoms with van der Waals surface area (Å²) in [5.74, 6) is 1.49. The first kappa shape index (κ1) is 19.6. The number of carbonyl (C=O) groups is 1. The minimum atomic E-state index is -0.455. The van der Waals surface area contributed by atoms with Gasteiger partial charge >= 0.3 is 0 Å². The van der Waals surface area contributed by atoms with Gasteiger partial charge in [-0.2, -0.15) is 0 Å². The number of fused-ring (bicyclic) bond motifs is 1. The molecule has 1 unspecified atom stereocenters. The molecule has 6 nitrogen and oxygen atoms in total. The van der Waals surface area contributed by atoms with Crippen LogP contribution in [0.4, 0.5) is 11.4 Å². The number of nitrogens with one attached hydrogen (secondary N) is 1. The molecule has 1 amide bonds. The van der Waals surface area contributed by atoms with E-state index in [1.807, 2.05) is 67.6 Å². The summed E-state index contributed by atoms with van der Waals surface area (Å²) >= 11 is 0. The summed E-state index contributed by atoms with van der Waals surface area (Å²) in [5.41, 5.74) is 4.14. The molecule has 30 heavy (non-hydrogen) atoms. The fourth-order valence-corrected chi connectivity index (χ4v) is 3.72. The van der Waals surface area contributed by atoms with Gasteiger partial charge in [-0.3, -0.25) is 9.69 Å². The summed E-state index contributed by atoms with van der Waals surface area (Å²) < 4.78 is 16.5. The molecule has 0 aliphatic carbocycles. The molecule has 1 aliphatic heterocycles. The van der Waals surface area contributed by atoms with Crippen molar-refractivity contribution in [1.29, 1.82) is 0 Å². The van der Waals surface area contributed by atoms with Crippen molar-refractivity contribution in [1.82, 2.24) is 0 Å². The number of para-hydroxylation sites is 1. The zero-order valence-electron chi connectivity index (χ0n) is 17.4. The van der Waals surface area contributed by atoms with E-state index in [9.17, 15) is 4.79 Å². The van der Waals surface area contributed by atoms with Crippen molar-refractivity contribution in [2.45, 2.75) is 13.1 Å². The van der Waals surface area contributed by atoms with Crippen molar-refractivity contribution in [2.24, 2.45) is 0 Å². The lowest BCUT2D eigenvalue weighted by Crippen LogP contribution is -2.43. The molecule has 0 bridgehead atoms. The van der Waals surface area contributed by atoms with Crippen molar-refractivity contribution in [2.75, 3.05) is 31.5 Å². The number of rotatable bonds is 5. The molecule has 6 heteroatoms. The van der Waals surface area contributed by atoms with Gasteiger partial charge in [0, 0.05) is 16.9 Å². The number of nitrogens with zero attached hydrogens (tertiary/aromatic N) is 1. The summed E-state index contributed by atoms with van der Waals surface area (Å²) in [5, 5.41) is 3.50. The van der Waals surface area contributed by atoms with Gasteiger partial charge in [-0.25, -0.2) is 0 Å². The van der Waals surface area contributed by atoms with Gasteiger partial charge in [-0.1, -0.05) is 29.8 Å². The zero-order chi connectivity index (χ0) is 21.3. The molecule has 0 radical (unpaired) electrons. The minimum Gasteiger partial charge on any atom is -0.493 e. The molecule has 0 saturated heterocycles. The number of anilines is 2. The van der Waals surface area contributed by atoms with Gasteiger partial charge in [0.1, 0.15) is 6.17 Å². The van der Waals surface area contributed by atoms with Crippen LogP contribution in [0.2, 0.25) is 0 Å². The Hall–Kier alpha value is -3.67. The normalized spacial score (nSPS) is 15.3. The molecule has 1 N–H and O–H groups in total. The van der Waals surface area contributed by atoms with E-state index in [4.69, 9.17) is 14.2 Å². The van der Waals surface area contributed by atoms with Gasteiger partial charge in [0.25, 0.3) is 5.91 Å². The van der Waals surface area contributed by atoms with Crippen LogP contribution in [-0.2, 0) is 0 Å². The highest BCUT2D eigenvalue weighted by Gasteiger charge is 2.35. The van der Waals surface area contributed by atoms with E-state index < -0.39 is 6.17 Å². The first-order valence-electron chi connectivity index (χ1n) is 9.63. The summed E-state index contributed by atoms with van der Waals surface area (Å²) in [6.07, 6.45) is -0.455. The van der Waals surface area contributed by atoms with Crippen LogP contribution in [-0.4, -0.2) is 27.2 Å². The van der Waals surface area contributed by atoms with Crippen molar-refractivity contribution in [3.8, 4) is 17.2 Å². The third-order valence-corrected chi connectivity index (χ3v) is 5.24. The largest absolute Gasteiger partial charge is 0.493 e. The van der Waals surface area contributed by atoms with E-state index in [-0.39, 0.29) is 5.91 Å². The highest BCUT2D eigenvalue weighted by Crippen LogP contribution is 2.43. The van der Waals surface area contributed by atoms with Gasteiger partial charge in [0.2, 0.25) is 5.75 Å². The SMILES string of the molecule is COc1cc(C2Nc3ccccc3C(=O)N2c2ccc(C)cc2)cc(OC)c1OC. The molecular weight excluding hydrogens is 380 g/mol. The molecule has 0 saturated carbocycles. The summed E-state index contributed by atoms with van der Waals surface area (Å²) in [4.78, 5) is 15.3. The average Bonchev–Trinajstić information content (AvgIpc) is 2.78. The Morgan fingerprint density at radius 3 is 2.10 bits per heavy atom. The monoisotopic (exact) mass is 404 g/mol. The van der Waals surface area contributed by atoms with E-state index in [1.165, 1.54) is 0 Å². The van der Waals surface area contributed by atoms with E-state index in [0.29, 0.717) is 22.8 Å². The molecule has 0 aromatic heterocycles. The Labute approximate surface area is 176 Å². The predicted molar refractivity (Wildman–Crippen MR) is 117 cm³/mol. The maximum atomic E-state index is 13.5. The molecule has 0 fully saturated rings. The lowest BCUT2D eigenvalue weighted by atomic mass is 10.0. The zero-order valence-corrected chi connectivity index (χ0v) is 17.4. The minimum absolute atomic E-state index is 0.0769. The predicted octanol–water partition coefficient (Wildman–Crippen LogP) is 4.79. The second-order valence-corrected chi connectivity index (χ2v) is 7.06. The third-order valence-electron chi connectivity index (χ3n) is 5.24. The van der Waals surface area contributed by atoms with Crippen LogP contribution in [0, 0.1) is 6.92 Å². The standard InChI is InChI=1S/C24H24N2O4/c1-15-9-11-17(12-10-15)26-23(25-19-8-6-5-7-18(19)24(26)27)16-13-20(28-2)22(30-4)21(14-16)29-3/h5-14,23,25H,1-4H3. The van der Waals surface area contributed by atoms with Gasteiger partial charge in [0.05, 0.1) is 26.9 Å². The van der Waals surface area contributed by atoms with Crippen LogP contribution in [0.1, 0.15) is 27.7 Å². The van der Waals surface area contributed by atoms with E-state index in [0.717, 1.165) is 22.5 Å². The van der Waals surface area contributed by atoms with Gasteiger partial charge < -0.3 is 19.5 Å². The first-order chi connectivity index (χ1) is 14.6. The van der Waals surface area contributed by atoms with Crippen LogP contribution >= 0.6 is 0 Å². The highest BCUT2D eigenvalue weighted by atomic mass is 16.5. The number of carbonyl (C=O) groups excluding carboxylic acids is 1. The van der Waals surface area contributed by atoms with E-state index in [1.54, 1.807) is 26.2 Å². The lowest BCUT2D eigenvalue weighted by molar-refractivity contribution is 0.0975. The maximum Gasteiger partial charge on any atom is 0.262 e. The Balaban J connectivity index is 1.89. The Morgan fingerprint density at radius 2 is 1.50 bits per heavy atom. The summed E-state index contributed by atoms with van der Waals surface area (Å²) in [7, 11) is 4.72. The molecule has 154 valence electrons. The first-order valence-corrected chi connectivity index (χ1v) is 9.63. The molecule has 1 heterocycles. The fraction of sp³-hybridized carbons (Fsp3) is 0.208. The van der Waals surface area contributed by atoms with Crippen LogP contribution in [0.25, 0.3) is 0 Å². The van der Waals surface area contributed by atoms with Crippen LogP contribution in [0.15, 0.2) is 60.7 Å². The van der Waals surface area contributed by atoms with Crippen molar-refractivity contribution >= 4 is 17.3 Å². The second-order valence-electron chi connectivity index (χ2n) is 7.06. The smallest absolute Gasteiger partial charge is 0.262 e. The number of benzene rings is 3. The third kappa shape index (κ3) is 3.30. The van der Waals surface area contributed by atoms with E-state index >= 15 is 0 Å². The lowest BCUT2D eigenvalue weighted by Gasteiger charge is -2.38.